The first-order valence-electron chi connectivity index (χ1n) is 6.58. The second-order valence-corrected chi connectivity index (χ2v) is 6.65. The lowest BCUT2D eigenvalue weighted by atomic mass is 10.0. The maximum Gasteiger partial charge on any atom is 0.0697 e. The molecule has 4 heteroatoms. The van der Waals surface area contributed by atoms with E-state index in [1.54, 1.807) is 0 Å². The van der Waals surface area contributed by atoms with Crippen molar-refractivity contribution in [1.29, 1.82) is 0 Å². The zero-order chi connectivity index (χ0) is 13.1. The molecule has 1 aliphatic heterocycles. The number of hydrogen-bond donors (Lipinski definition) is 1. The van der Waals surface area contributed by atoms with E-state index in [1.165, 1.54) is 10.4 Å². The van der Waals surface area contributed by atoms with E-state index in [9.17, 15) is 0 Å². The van der Waals surface area contributed by atoms with E-state index in [-0.39, 0.29) is 0 Å². The van der Waals surface area contributed by atoms with Crippen LogP contribution in [0.5, 0.6) is 0 Å². The highest BCUT2D eigenvalue weighted by Gasteiger charge is 2.24. The molecule has 3 rings (SSSR count). The third-order valence-electron chi connectivity index (χ3n) is 3.49. The zero-order valence-electron chi connectivity index (χ0n) is 10.7. The van der Waals surface area contributed by atoms with Gasteiger partial charge in [0.15, 0.2) is 0 Å². The minimum absolute atomic E-state index is 0.389. The summed E-state index contributed by atoms with van der Waals surface area (Å²) >= 11 is 5.44. The second-order valence-electron chi connectivity index (χ2n) is 4.76. The first-order chi connectivity index (χ1) is 9.34. The molecule has 2 nitrogen and oxygen atoms in total. The molecular weight excluding hydrogens is 320 g/mol. The van der Waals surface area contributed by atoms with Crippen LogP contribution < -0.4 is 5.32 Å². The van der Waals surface area contributed by atoms with Crippen molar-refractivity contribution in [3.05, 3.63) is 56.7 Å². The molecule has 19 heavy (non-hydrogen) atoms. The molecule has 1 aromatic heterocycles. The number of nitrogens with one attached hydrogen (secondary N) is 1. The molecule has 2 aromatic rings. The minimum Gasteiger partial charge on any atom is -0.314 e. The summed E-state index contributed by atoms with van der Waals surface area (Å²) in [4.78, 5) is 4.00. The van der Waals surface area contributed by atoms with Crippen LogP contribution in [0.1, 0.15) is 16.5 Å². The van der Waals surface area contributed by atoms with Gasteiger partial charge < -0.3 is 5.32 Å². The Morgan fingerprint density at radius 1 is 1.16 bits per heavy atom. The van der Waals surface area contributed by atoms with Crippen molar-refractivity contribution in [2.24, 2.45) is 0 Å². The van der Waals surface area contributed by atoms with Crippen LogP contribution in [0.25, 0.3) is 0 Å². The first kappa shape index (κ1) is 13.3. The van der Waals surface area contributed by atoms with Gasteiger partial charge in [-0.05, 0) is 29.1 Å². The number of halogens is 1. The summed E-state index contributed by atoms with van der Waals surface area (Å²) in [5.74, 6) is 0. The number of benzene rings is 1. The number of piperazine rings is 1. The summed E-state index contributed by atoms with van der Waals surface area (Å²) in [6.07, 6.45) is 0. The summed E-state index contributed by atoms with van der Waals surface area (Å²) in [6.45, 7) is 4.37. The van der Waals surface area contributed by atoms with Crippen molar-refractivity contribution in [2.75, 3.05) is 26.2 Å². The van der Waals surface area contributed by atoms with Gasteiger partial charge in [0.25, 0.3) is 0 Å². The molecule has 1 fully saturated rings. The molecule has 1 aliphatic rings. The maximum absolute atomic E-state index is 3.59. The smallest absolute Gasteiger partial charge is 0.0697 e. The van der Waals surface area contributed by atoms with Crippen LogP contribution in [-0.4, -0.2) is 31.1 Å². The second kappa shape index (κ2) is 6.18. The molecular formula is C15H17BrN2S. The Balaban J connectivity index is 1.96. The lowest BCUT2D eigenvalue weighted by Crippen LogP contribution is -2.45. The van der Waals surface area contributed by atoms with Gasteiger partial charge in [0, 0.05) is 35.5 Å². The van der Waals surface area contributed by atoms with Gasteiger partial charge >= 0.3 is 0 Å². The first-order valence-corrected chi connectivity index (χ1v) is 8.25. The Bertz CT molecular complexity index is 521. The van der Waals surface area contributed by atoms with Crippen molar-refractivity contribution in [3.63, 3.8) is 0 Å². The van der Waals surface area contributed by atoms with Crippen LogP contribution in [0.15, 0.2) is 46.3 Å². The molecule has 1 saturated heterocycles. The van der Waals surface area contributed by atoms with E-state index in [1.807, 2.05) is 11.3 Å². The fourth-order valence-corrected chi connectivity index (χ4v) is 3.92. The normalized spacial score (nSPS) is 18.4. The van der Waals surface area contributed by atoms with Crippen molar-refractivity contribution < 1.29 is 0 Å². The van der Waals surface area contributed by atoms with Crippen LogP contribution in [0.4, 0.5) is 0 Å². The third kappa shape index (κ3) is 3.08. The summed E-state index contributed by atoms with van der Waals surface area (Å²) in [5, 5.41) is 5.60. The average molecular weight is 337 g/mol. The SMILES string of the molecule is Brc1cccc([C@H](c2cccs2)N2CCNCC2)c1. The van der Waals surface area contributed by atoms with Crippen molar-refractivity contribution in [3.8, 4) is 0 Å². The molecule has 0 saturated carbocycles. The number of nitrogens with zero attached hydrogens (tertiary/aromatic N) is 1. The Morgan fingerprint density at radius 3 is 2.68 bits per heavy atom. The summed E-state index contributed by atoms with van der Waals surface area (Å²) in [5.41, 5.74) is 1.37. The molecule has 1 aromatic carbocycles. The molecule has 1 atom stereocenters. The van der Waals surface area contributed by atoms with Crippen LogP contribution >= 0.6 is 27.3 Å². The molecule has 0 amide bonds. The molecule has 1 N–H and O–H groups in total. The fourth-order valence-electron chi connectivity index (χ4n) is 2.62. The summed E-state index contributed by atoms with van der Waals surface area (Å²) in [6, 6.07) is 13.5. The van der Waals surface area contributed by atoms with Gasteiger partial charge in [0.05, 0.1) is 6.04 Å². The van der Waals surface area contributed by atoms with Gasteiger partial charge in [0.2, 0.25) is 0 Å². The van der Waals surface area contributed by atoms with E-state index in [4.69, 9.17) is 0 Å². The van der Waals surface area contributed by atoms with Gasteiger partial charge in [-0.2, -0.15) is 0 Å². The molecule has 100 valence electrons. The van der Waals surface area contributed by atoms with Crippen molar-refractivity contribution >= 4 is 27.3 Å². The fraction of sp³-hybridized carbons (Fsp3) is 0.333. The predicted molar refractivity (Wildman–Crippen MR) is 84.7 cm³/mol. The number of hydrogen-bond acceptors (Lipinski definition) is 3. The van der Waals surface area contributed by atoms with E-state index in [0.717, 1.165) is 30.7 Å². The van der Waals surface area contributed by atoms with E-state index < -0.39 is 0 Å². The summed E-state index contributed by atoms with van der Waals surface area (Å²) < 4.78 is 1.15. The standard InChI is InChI=1S/C15H17BrN2S/c16-13-4-1-3-12(11-13)15(14-5-2-10-19-14)18-8-6-17-7-9-18/h1-5,10-11,15,17H,6-9H2/t15-/m1/s1. The zero-order valence-corrected chi connectivity index (χ0v) is 13.1. The van der Waals surface area contributed by atoms with Crippen LogP contribution in [0.3, 0.4) is 0 Å². The van der Waals surface area contributed by atoms with Crippen molar-refractivity contribution in [1.82, 2.24) is 10.2 Å². The third-order valence-corrected chi connectivity index (χ3v) is 4.91. The lowest BCUT2D eigenvalue weighted by Gasteiger charge is -2.34. The lowest BCUT2D eigenvalue weighted by molar-refractivity contribution is 0.200. The Labute approximate surface area is 126 Å². The summed E-state index contributed by atoms with van der Waals surface area (Å²) in [7, 11) is 0. The molecule has 0 bridgehead atoms. The largest absolute Gasteiger partial charge is 0.314 e. The van der Waals surface area contributed by atoms with Gasteiger partial charge in [-0.3, -0.25) is 4.90 Å². The Kier molecular flexibility index (Phi) is 4.33. The molecule has 0 unspecified atom stereocenters. The topological polar surface area (TPSA) is 15.3 Å². The van der Waals surface area contributed by atoms with Gasteiger partial charge in [-0.1, -0.05) is 34.1 Å². The highest BCUT2D eigenvalue weighted by Crippen LogP contribution is 2.33. The van der Waals surface area contributed by atoms with Crippen LogP contribution in [0.2, 0.25) is 0 Å². The quantitative estimate of drug-likeness (QED) is 0.922. The van der Waals surface area contributed by atoms with Crippen LogP contribution in [-0.2, 0) is 0 Å². The number of rotatable bonds is 3. The monoisotopic (exact) mass is 336 g/mol. The highest BCUT2D eigenvalue weighted by molar-refractivity contribution is 9.10. The number of thiophene rings is 1. The Morgan fingerprint density at radius 2 is 2.00 bits per heavy atom. The van der Waals surface area contributed by atoms with Gasteiger partial charge in [-0.15, -0.1) is 11.3 Å². The maximum atomic E-state index is 3.59. The minimum atomic E-state index is 0.389. The molecule has 0 aliphatic carbocycles. The Hall–Kier alpha value is -0.680. The molecule has 2 heterocycles. The molecule has 0 radical (unpaired) electrons. The van der Waals surface area contributed by atoms with E-state index in [0.29, 0.717) is 6.04 Å². The van der Waals surface area contributed by atoms with Crippen molar-refractivity contribution in [2.45, 2.75) is 6.04 Å². The predicted octanol–water partition coefficient (Wildman–Crippen LogP) is 3.51. The van der Waals surface area contributed by atoms with Crippen LogP contribution in [0, 0.1) is 0 Å². The highest BCUT2D eigenvalue weighted by atomic mass is 79.9. The van der Waals surface area contributed by atoms with Gasteiger partial charge in [0.1, 0.15) is 0 Å². The van der Waals surface area contributed by atoms with E-state index >= 15 is 0 Å². The average Bonchev–Trinajstić information content (AvgIpc) is 2.94. The van der Waals surface area contributed by atoms with Gasteiger partial charge in [-0.25, -0.2) is 0 Å². The van der Waals surface area contributed by atoms with E-state index in [2.05, 4.69) is 67.9 Å². The molecule has 0 spiro atoms.